The highest BCUT2D eigenvalue weighted by molar-refractivity contribution is 6.03. The maximum Gasteiger partial charge on any atom is 0.339 e. The number of ether oxygens (including phenoxy) is 2. The minimum Gasteiger partial charge on any atom is -0.462 e. The van der Waals surface area contributed by atoms with Crippen molar-refractivity contribution in [3.8, 4) is 0 Å². The van der Waals surface area contributed by atoms with Crippen molar-refractivity contribution in [3.05, 3.63) is 34.4 Å². The van der Waals surface area contributed by atoms with Gasteiger partial charge in [-0.2, -0.15) is 0 Å². The summed E-state index contributed by atoms with van der Waals surface area (Å²) in [5.74, 6) is -0.455. The fourth-order valence-electron chi connectivity index (χ4n) is 2.11. The lowest BCUT2D eigenvalue weighted by Gasteiger charge is -2.14. The van der Waals surface area contributed by atoms with Crippen LogP contribution in [0.15, 0.2) is 12.1 Å². The van der Waals surface area contributed by atoms with Crippen molar-refractivity contribution in [2.24, 2.45) is 11.8 Å². The summed E-state index contributed by atoms with van der Waals surface area (Å²) < 4.78 is 10.6. The fraction of sp³-hybridized carbons (Fsp3) is 0.579. The van der Waals surface area contributed by atoms with E-state index in [9.17, 15) is 9.59 Å². The Hall–Kier alpha value is -1.84. The van der Waals surface area contributed by atoms with Gasteiger partial charge >= 0.3 is 11.9 Å². The summed E-state index contributed by atoms with van der Waals surface area (Å²) in [5.41, 5.74) is 2.59. The van der Waals surface area contributed by atoms with Gasteiger partial charge in [-0.15, -0.1) is 0 Å². The molecule has 0 saturated heterocycles. The number of carbonyl (C=O) groups excluding carboxylic acids is 2. The Bertz CT molecular complexity index is 559. The molecule has 0 N–H and O–H groups in total. The zero-order valence-electron chi connectivity index (χ0n) is 15.1. The van der Waals surface area contributed by atoms with E-state index in [2.05, 4.69) is 0 Å². The Labute approximate surface area is 139 Å². The molecule has 0 aliphatic heterocycles. The fourth-order valence-corrected chi connectivity index (χ4v) is 2.11. The Kier molecular flexibility index (Phi) is 7.27. The standard InChI is InChI=1S/C19H28O4/c1-7-15-9-17(19(21)23-11-13(4)5)16(8-14(15)6)18(20)22-10-12(2)3/h8-9,12-13H,7,10-11H2,1-6H3. The lowest BCUT2D eigenvalue weighted by atomic mass is 9.97. The molecule has 1 aromatic rings. The molecule has 0 amide bonds. The van der Waals surface area contributed by atoms with E-state index in [1.165, 1.54) is 0 Å². The van der Waals surface area contributed by atoms with Gasteiger partial charge in [0.2, 0.25) is 0 Å². The van der Waals surface area contributed by atoms with Crippen molar-refractivity contribution in [2.75, 3.05) is 13.2 Å². The number of aryl methyl sites for hydroxylation is 2. The average Bonchev–Trinajstić information content (AvgIpc) is 2.49. The number of benzene rings is 1. The number of esters is 2. The zero-order chi connectivity index (χ0) is 17.6. The third kappa shape index (κ3) is 5.70. The van der Waals surface area contributed by atoms with Crippen molar-refractivity contribution < 1.29 is 19.1 Å². The van der Waals surface area contributed by atoms with Crippen LogP contribution < -0.4 is 0 Å². The largest absolute Gasteiger partial charge is 0.462 e. The van der Waals surface area contributed by atoms with Crippen LogP contribution in [0.25, 0.3) is 0 Å². The van der Waals surface area contributed by atoms with Gasteiger partial charge in [-0.3, -0.25) is 0 Å². The number of rotatable bonds is 7. The lowest BCUT2D eigenvalue weighted by molar-refractivity contribution is 0.0412. The highest BCUT2D eigenvalue weighted by Gasteiger charge is 2.22. The Morgan fingerprint density at radius 1 is 0.913 bits per heavy atom. The summed E-state index contributed by atoms with van der Waals surface area (Å²) in [6, 6.07) is 3.48. The smallest absolute Gasteiger partial charge is 0.339 e. The second-order valence-electron chi connectivity index (χ2n) is 6.66. The van der Waals surface area contributed by atoms with Crippen LogP contribution in [0.2, 0.25) is 0 Å². The number of hydrogen-bond acceptors (Lipinski definition) is 4. The second-order valence-corrected chi connectivity index (χ2v) is 6.66. The molecule has 4 nitrogen and oxygen atoms in total. The topological polar surface area (TPSA) is 52.6 Å². The van der Waals surface area contributed by atoms with Crippen LogP contribution >= 0.6 is 0 Å². The minimum atomic E-state index is -0.471. The van der Waals surface area contributed by atoms with Crippen LogP contribution in [0.1, 0.15) is 66.5 Å². The maximum atomic E-state index is 12.4. The molecule has 0 radical (unpaired) electrons. The van der Waals surface area contributed by atoms with Gasteiger partial charge in [0, 0.05) is 0 Å². The van der Waals surface area contributed by atoms with Crippen molar-refractivity contribution in [1.29, 1.82) is 0 Å². The quantitative estimate of drug-likeness (QED) is 0.707. The molecular formula is C19H28O4. The molecule has 23 heavy (non-hydrogen) atoms. The number of carbonyl (C=O) groups is 2. The molecule has 0 aliphatic carbocycles. The van der Waals surface area contributed by atoms with Crippen LogP contribution in [-0.4, -0.2) is 25.2 Å². The Morgan fingerprint density at radius 2 is 1.35 bits per heavy atom. The van der Waals surface area contributed by atoms with E-state index in [-0.39, 0.29) is 17.4 Å². The molecule has 0 bridgehead atoms. The minimum absolute atomic E-state index is 0.242. The summed E-state index contributed by atoms with van der Waals surface area (Å²) in [5, 5.41) is 0. The molecule has 1 rings (SSSR count). The van der Waals surface area contributed by atoms with Crippen LogP contribution in [0.3, 0.4) is 0 Å². The molecule has 0 saturated carbocycles. The molecule has 0 heterocycles. The lowest BCUT2D eigenvalue weighted by Crippen LogP contribution is -2.18. The highest BCUT2D eigenvalue weighted by atomic mass is 16.5. The molecule has 1 aromatic carbocycles. The van der Waals surface area contributed by atoms with E-state index in [1.807, 2.05) is 41.5 Å². The van der Waals surface area contributed by atoms with Gasteiger partial charge in [0.15, 0.2) is 0 Å². The number of hydrogen-bond donors (Lipinski definition) is 0. The van der Waals surface area contributed by atoms with Gasteiger partial charge in [-0.05, 0) is 48.4 Å². The molecule has 0 aromatic heterocycles. The molecule has 128 valence electrons. The molecule has 0 atom stereocenters. The summed E-state index contributed by atoms with van der Waals surface area (Å²) in [6.07, 6.45) is 0.789. The van der Waals surface area contributed by atoms with E-state index in [4.69, 9.17) is 9.47 Å². The van der Waals surface area contributed by atoms with Crippen LogP contribution in [0.4, 0.5) is 0 Å². The molecule has 4 heteroatoms. The molecule has 0 aliphatic rings. The van der Waals surface area contributed by atoms with Crippen molar-refractivity contribution in [2.45, 2.75) is 48.0 Å². The van der Waals surface area contributed by atoms with Crippen LogP contribution in [0, 0.1) is 18.8 Å². The average molecular weight is 320 g/mol. The van der Waals surface area contributed by atoms with Crippen molar-refractivity contribution in [1.82, 2.24) is 0 Å². The van der Waals surface area contributed by atoms with E-state index in [0.29, 0.717) is 18.8 Å². The first-order valence-corrected chi connectivity index (χ1v) is 8.24. The summed E-state index contributed by atoms with van der Waals surface area (Å²) >= 11 is 0. The molecule has 0 spiro atoms. The van der Waals surface area contributed by atoms with E-state index in [0.717, 1.165) is 17.5 Å². The van der Waals surface area contributed by atoms with Gasteiger partial charge in [0.25, 0.3) is 0 Å². The third-order valence-electron chi connectivity index (χ3n) is 3.39. The predicted octanol–water partition coefficient (Wildman–Crippen LogP) is 4.18. The zero-order valence-corrected chi connectivity index (χ0v) is 15.1. The van der Waals surface area contributed by atoms with Crippen molar-refractivity contribution in [3.63, 3.8) is 0 Å². The Morgan fingerprint density at radius 3 is 1.74 bits per heavy atom. The van der Waals surface area contributed by atoms with Crippen LogP contribution in [0.5, 0.6) is 0 Å². The second kappa shape index (κ2) is 8.70. The summed E-state index contributed by atoms with van der Waals surface area (Å²) in [4.78, 5) is 24.7. The van der Waals surface area contributed by atoms with Crippen molar-refractivity contribution >= 4 is 11.9 Å². The summed E-state index contributed by atoms with van der Waals surface area (Å²) in [6.45, 7) is 12.5. The summed E-state index contributed by atoms with van der Waals surface area (Å²) in [7, 11) is 0. The highest BCUT2D eigenvalue weighted by Crippen LogP contribution is 2.20. The van der Waals surface area contributed by atoms with E-state index < -0.39 is 11.9 Å². The Balaban J connectivity index is 3.13. The normalized spacial score (nSPS) is 11.0. The molecule has 0 fully saturated rings. The van der Waals surface area contributed by atoms with Gasteiger partial charge < -0.3 is 9.47 Å². The molecular weight excluding hydrogens is 292 g/mol. The van der Waals surface area contributed by atoms with Gasteiger partial charge in [0.05, 0.1) is 24.3 Å². The van der Waals surface area contributed by atoms with Gasteiger partial charge in [0.1, 0.15) is 0 Å². The van der Waals surface area contributed by atoms with Crippen LogP contribution in [-0.2, 0) is 15.9 Å². The SMILES string of the molecule is CCc1cc(C(=O)OCC(C)C)c(C(=O)OCC(C)C)cc1C. The first kappa shape index (κ1) is 19.2. The van der Waals surface area contributed by atoms with E-state index in [1.54, 1.807) is 12.1 Å². The first-order chi connectivity index (χ1) is 10.8. The predicted molar refractivity (Wildman–Crippen MR) is 90.8 cm³/mol. The maximum absolute atomic E-state index is 12.4. The van der Waals surface area contributed by atoms with Gasteiger partial charge in [-0.1, -0.05) is 34.6 Å². The first-order valence-electron chi connectivity index (χ1n) is 8.24. The van der Waals surface area contributed by atoms with E-state index >= 15 is 0 Å². The molecule has 0 unspecified atom stereocenters. The third-order valence-corrected chi connectivity index (χ3v) is 3.39. The van der Waals surface area contributed by atoms with Gasteiger partial charge in [-0.25, -0.2) is 9.59 Å². The monoisotopic (exact) mass is 320 g/mol.